The summed E-state index contributed by atoms with van der Waals surface area (Å²) < 4.78 is 0. The Hall–Kier alpha value is -1.42. The van der Waals surface area contributed by atoms with Gasteiger partial charge in [0, 0.05) is 19.3 Å². The van der Waals surface area contributed by atoms with Crippen LogP contribution in [0.25, 0.3) is 0 Å². The van der Waals surface area contributed by atoms with E-state index in [-0.39, 0.29) is 5.91 Å². The van der Waals surface area contributed by atoms with Gasteiger partial charge in [-0.1, -0.05) is 13.0 Å². The van der Waals surface area contributed by atoms with Gasteiger partial charge in [0.15, 0.2) is 0 Å². The zero-order valence-corrected chi connectivity index (χ0v) is 11.6. The monoisotopic (exact) mass is 261 g/mol. The third-order valence-corrected chi connectivity index (χ3v) is 3.54. The Morgan fingerprint density at radius 3 is 3.05 bits per heavy atom. The predicted molar refractivity (Wildman–Crippen MR) is 76.0 cm³/mol. The summed E-state index contributed by atoms with van der Waals surface area (Å²) in [5.41, 5.74) is 0.555. The van der Waals surface area contributed by atoms with Crippen molar-refractivity contribution in [3.8, 4) is 0 Å². The van der Waals surface area contributed by atoms with E-state index in [1.165, 1.54) is 12.8 Å². The summed E-state index contributed by atoms with van der Waals surface area (Å²) in [6.07, 6.45) is 5.09. The summed E-state index contributed by atoms with van der Waals surface area (Å²) in [5, 5.41) is 3.41. The van der Waals surface area contributed by atoms with Crippen molar-refractivity contribution in [1.29, 1.82) is 0 Å². The molecule has 4 nitrogen and oxygen atoms in total. The van der Waals surface area contributed by atoms with Gasteiger partial charge in [-0.25, -0.2) is 0 Å². The van der Waals surface area contributed by atoms with Crippen molar-refractivity contribution >= 4 is 5.91 Å². The van der Waals surface area contributed by atoms with Gasteiger partial charge in [-0.2, -0.15) is 0 Å². The zero-order valence-electron chi connectivity index (χ0n) is 11.6. The lowest BCUT2D eigenvalue weighted by Gasteiger charge is -2.29. The SMILES string of the molecule is CCCN(CC1CCCNC1)C(=O)c1ccccn1. The van der Waals surface area contributed by atoms with Crippen LogP contribution in [0.3, 0.4) is 0 Å². The van der Waals surface area contributed by atoms with Crippen LogP contribution in [0.15, 0.2) is 24.4 Å². The van der Waals surface area contributed by atoms with Crippen LogP contribution >= 0.6 is 0 Å². The largest absolute Gasteiger partial charge is 0.337 e. The van der Waals surface area contributed by atoms with Gasteiger partial charge in [0.2, 0.25) is 0 Å². The number of carbonyl (C=O) groups excluding carboxylic acids is 1. The molecule has 2 heterocycles. The molecule has 0 aromatic carbocycles. The molecule has 0 aliphatic carbocycles. The summed E-state index contributed by atoms with van der Waals surface area (Å²) in [7, 11) is 0. The molecule has 104 valence electrons. The molecular weight excluding hydrogens is 238 g/mol. The number of amides is 1. The lowest BCUT2D eigenvalue weighted by molar-refractivity contribution is 0.0713. The molecule has 1 saturated heterocycles. The lowest BCUT2D eigenvalue weighted by Crippen LogP contribution is -2.41. The summed E-state index contributed by atoms with van der Waals surface area (Å²) in [6, 6.07) is 5.50. The van der Waals surface area contributed by atoms with E-state index in [1.807, 2.05) is 17.0 Å². The van der Waals surface area contributed by atoms with E-state index in [2.05, 4.69) is 17.2 Å². The zero-order chi connectivity index (χ0) is 13.5. The molecular formula is C15H23N3O. The van der Waals surface area contributed by atoms with Crippen molar-refractivity contribution in [2.24, 2.45) is 5.92 Å². The van der Waals surface area contributed by atoms with Gasteiger partial charge < -0.3 is 10.2 Å². The van der Waals surface area contributed by atoms with Gasteiger partial charge in [-0.3, -0.25) is 9.78 Å². The molecule has 1 amide bonds. The Kier molecular flexibility index (Phi) is 5.33. The van der Waals surface area contributed by atoms with Gasteiger partial charge >= 0.3 is 0 Å². The van der Waals surface area contributed by atoms with Crippen molar-refractivity contribution in [2.45, 2.75) is 26.2 Å². The van der Waals surface area contributed by atoms with Gasteiger partial charge in [-0.15, -0.1) is 0 Å². The molecule has 2 rings (SSSR count). The Morgan fingerprint density at radius 1 is 1.53 bits per heavy atom. The van der Waals surface area contributed by atoms with Crippen LogP contribution in [0.2, 0.25) is 0 Å². The fraction of sp³-hybridized carbons (Fsp3) is 0.600. The Balaban J connectivity index is 2.00. The third-order valence-electron chi connectivity index (χ3n) is 3.54. The van der Waals surface area contributed by atoms with Crippen LogP contribution < -0.4 is 5.32 Å². The van der Waals surface area contributed by atoms with Crippen LogP contribution in [0.1, 0.15) is 36.7 Å². The second-order valence-electron chi connectivity index (χ2n) is 5.18. The molecule has 4 heteroatoms. The molecule has 1 aliphatic heterocycles. The number of pyridine rings is 1. The molecule has 1 atom stereocenters. The molecule has 1 N–H and O–H groups in total. The van der Waals surface area contributed by atoms with E-state index in [9.17, 15) is 4.79 Å². The fourth-order valence-corrected chi connectivity index (χ4v) is 2.59. The number of carbonyl (C=O) groups is 1. The summed E-state index contributed by atoms with van der Waals surface area (Å²) >= 11 is 0. The van der Waals surface area contributed by atoms with Crippen molar-refractivity contribution in [2.75, 3.05) is 26.2 Å². The molecule has 1 fully saturated rings. The number of piperidine rings is 1. The normalized spacial score (nSPS) is 19.1. The second kappa shape index (κ2) is 7.24. The van der Waals surface area contributed by atoms with Gasteiger partial charge in [0.25, 0.3) is 5.91 Å². The van der Waals surface area contributed by atoms with Crippen molar-refractivity contribution in [3.05, 3.63) is 30.1 Å². The van der Waals surface area contributed by atoms with Crippen LogP contribution in [0.5, 0.6) is 0 Å². The molecule has 0 spiro atoms. The van der Waals surface area contributed by atoms with Crippen molar-refractivity contribution in [3.63, 3.8) is 0 Å². The first-order chi connectivity index (χ1) is 9.31. The molecule has 0 radical (unpaired) electrons. The topological polar surface area (TPSA) is 45.2 Å². The van der Waals surface area contributed by atoms with E-state index in [4.69, 9.17) is 0 Å². The molecule has 0 bridgehead atoms. The van der Waals surface area contributed by atoms with Crippen LogP contribution in [-0.4, -0.2) is 42.0 Å². The lowest BCUT2D eigenvalue weighted by atomic mass is 9.99. The Bertz CT molecular complexity index is 388. The minimum Gasteiger partial charge on any atom is -0.337 e. The van der Waals surface area contributed by atoms with Gasteiger partial charge in [0.1, 0.15) is 5.69 Å². The molecule has 19 heavy (non-hydrogen) atoms. The third kappa shape index (κ3) is 4.03. The molecule has 1 aromatic rings. The average Bonchev–Trinajstić information content (AvgIpc) is 2.48. The first-order valence-corrected chi connectivity index (χ1v) is 7.22. The first kappa shape index (κ1) is 14.0. The van der Waals surface area contributed by atoms with Gasteiger partial charge in [-0.05, 0) is 50.4 Å². The van der Waals surface area contributed by atoms with Crippen molar-refractivity contribution < 1.29 is 4.79 Å². The average molecular weight is 261 g/mol. The number of hydrogen-bond acceptors (Lipinski definition) is 3. The Morgan fingerprint density at radius 2 is 2.42 bits per heavy atom. The number of hydrogen-bond donors (Lipinski definition) is 1. The maximum Gasteiger partial charge on any atom is 0.272 e. The van der Waals surface area contributed by atoms with E-state index >= 15 is 0 Å². The highest BCUT2D eigenvalue weighted by Crippen LogP contribution is 2.13. The minimum absolute atomic E-state index is 0.0630. The number of rotatable bonds is 5. The Labute approximate surface area is 115 Å². The van der Waals surface area contributed by atoms with E-state index in [0.717, 1.165) is 32.6 Å². The number of nitrogens with zero attached hydrogens (tertiary/aromatic N) is 2. The van der Waals surface area contributed by atoms with E-state index in [0.29, 0.717) is 11.6 Å². The predicted octanol–water partition coefficient (Wildman–Crippen LogP) is 1.93. The quantitative estimate of drug-likeness (QED) is 0.881. The van der Waals surface area contributed by atoms with Crippen LogP contribution in [0.4, 0.5) is 0 Å². The van der Waals surface area contributed by atoms with Gasteiger partial charge in [0.05, 0.1) is 0 Å². The molecule has 1 aliphatic rings. The standard InChI is InChI=1S/C15H23N3O/c1-2-10-18(12-13-6-5-8-16-11-13)15(19)14-7-3-4-9-17-14/h3-4,7,9,13,16H,2,5-6,8,10-12H2,1H3. The fourth-order valence-electron chi connectivity index (χ4n) is 2.59. The van der Waals surface area contributed by atoms with Crippen LogP contribution in [0, 0.1) is 5.92 Å². The molecule has 1 aromatic heterocycles. The first-order valence-electron chi connectivity index (χ1n) is 7.22. The van der Waals surface area contributed by atoms with Crippen LogP contribution in [-0.2, 0) is 0 Å². The van der Waals surface area contributed by atoms with Crippen molar-refractivity contribution in [1.82, 2.24) is 15.2 Å². The molecule has 0 saturated carbocycles. The van der Waals surface area contributed by atoms with E-state index < -0.39 is 0 Å². The molecule has 1 unspecified atom stereocenters. The maximum atomic E-state index is 12.5. The summed E-state index contributed by atoms with van der Waals surface area (Å²) in [5.74, 6) is 0.640. The van der Waals surface area contributed by atoms with E-state index in [1.54, 1.807) is 12.3 Å². The number of nitrogens with one attached hydrogen (secondary N) is 1. The minimum atomic E-state index is 0.0630. The smallest absolute Gasteiger partial charge is 0.272 e. The highest BCUT2D eigenvalue weighted by Gasteiger charge is 2.21. The number of aromatic nitrogens is 1. The highest BCUT2D eigenvalue weighted by molar-refractivity contribution is 5.92. The highest BCUT2D eigenvalue weighted by atomic mass is 16.2. The summed E-state index contributed by atoms with van der Waals surface area (Å²) in [4.78, 5) is 18.6. The maximum absolute atomic E-state index is 12.5. The summed E-state index contributed by atoms with van der Waals surface area (Å²) in [6.45, 7) is 5.90. The second-order valence-corrected chi connectivity index (χ2v) is 5.18.